The third-order valence-corrected chi connectivity index (χ3v) is 11.5. The predicted octanol–water partition coefficient (Wildman–Crippen LogP) is 16.2. The van der Waals surface area contributed by atoms with Crippen LogP contribution in [-0.4, -0.2) is 0 Å². The average molecular weight is 796 g/mol. The average Bonchev–Trinajstić information content (AvgIpc) is 1.50. The monoisotopic (exact) mass is 795 g/mol. The molecule has 10 aromatic rings. The molecular weight excluding hydrogens is 727 g/mol. The van der Waals surface area contributed by atoms with E-state index in [0.29, 0.717) is 33.4 Å². The fraction of sp³-hybridized carbons (Fsp3) is 0.103. The van der Waals surface area contributed by atoms with Crippen LogP contribution in [0.4, 0.5) is 17.1 Å². The van der Waals surface area contributed by atoms with Crippen molar-refractivity contribution in [2.45, 2.75) is 38.2 Å². The van der Waals surface area contributed by atoms with Gasteiger partial charge in [0.2, 0.25) is 0 Å². The van der Waals surface area contributed by atoms with E-state index in [-0.39, 0.29) is 5.69 Å². The van der Waals surface area contributed by atoms with Crippen molar-refractivity contribution in [1.29, 1.82) is 0 Å². The molecule has 12 rings (SSSR count). The molecule has 286 valence electrons. The minimum atomic E-state index is -3.89. The topological polar surface area (TPSA) is 16.4 Å². The summed E-state index contributed by atoms with van der Waals surface area (Å²) in [6.45, 7) is -15.6. The molecule has 60 heavy (non-hydrogen) atoms. The second kappa shape index (κ2) is 12.7. The van der Waals surface area contributed by atoms with Crippen LogP contribution in [0.5, 0.6) is 0 Å². The highest BCUT2D eigenvalue weighted by Crippen LogP contribution is 2.53. The maximum Gasteiger partial charge on any atom is 0.143 e. The fourth-order valence-electron chi connectivity index (χ4n) is 8.67. The van der Waals surface area contributed by atoms with E-state index in [9.17, 15) is 8.22 Å². The molecule has 0 saturated heterocycles. The number of benzene rings is 9. The zero-order valence-electron chi connectivity index (χ0n) is 57.2. The van der Waals surface area contributed by atoms with Crippen LogP contribution in [-0.2, 0) is 10.8 Å². The minimum Gasteiger partial charge on any atom is -0.455 e. The van der Waals surface area contributed by atoms with Crippen molar-refractivity contribution in [2.75, 3.05) is 4.90 Å². The maximum atomic E-state index is 10.2. The van der Waals surface area contributed by atoms with E-state index >= 15 is 0 Å². The molecule has 0 atom stereocenters. The third kappa shape index (κ3) is 4.94. The van der Waals surface area contributed by atoms with Crippen LogP contribution >= 0.6 is 0 Å². The van der Waals surface area contributed by atoms with Gasteiger partial charge in [-0.2, -0.15) is 0 Å². The van der Waals surface area contributed by atoms with Crippen LogP contribution in [0.2, 0.25) is 0 Å². The molecule has 0 unspecified atom stereocenters. The molecular formula is C58H43NO. The van der Waals surface area contributed by atoms with Gasteiger partial charge in [-0.1, -0.05) is 173 Å². The van der Waals surface area contributed by atoms with Crippen LogP contribution in [0, 0.1) is 0 Å². The largest absolute Gasteiger partial charge is 0.455 e. The third-order valence-electron chi connectivity index (χ3n) is 11.5. The standard InChI is InChI=1S/C58H43NO/c1-57(2)50-21-10-7-16-43(50)45-32-29-39(34-52(45)57)59(40-30-33-46-44-17-8-11-22-51(44)58(3,4)53(46)35-40)38-27-24-37(25-28-38)42-31-26-36-14-5-6-15-41(36)55(42)49-20-13-19-48-47-18-9-12-23-54(47)60-56(48)49/h5-35H,1-4H3/i1D3,2D3,3D3,4D3,7D,8D,10D,11D,16D,17D,21D,22D,29D,30D,32D,33D,34D,35D. The van der Waals surface area contributed by atoms with Crippen LogP contribution in [0.15, 0.2) is 192 Å². The Morgan fingerprint density at radius 3 is 1.70 bits per heavy atom. The summed E-state index contributed by atoms with van der Waals surface area (Å²) in [4.78, 5) is 0.718. The SMILES string of the molecule is [2H]c1c([2H])c([2H])c2c(c1[2H])-c1c([2H])c([2H])c(N(c3ccc(-c4ccc5ccccc5c4-c4cccc5c4oc4ccccc45)cc3)c3c([2H])c([2H])c4c(c3[2H])C(C([2H])([2H])[2H])(C([2H])([2H])[2H])c3c([2H])c([2H])c([2H])c([2H])c3-4)c([2H])c1C2(C([2H])([2H])[2H])C([2H])([2H])[2H]. The molecule has 2 nitrogen and oxygen atoms in total. The molecule has 0 aliphatic heterocycles. The highest BCUT2D eigenvalue weighted by molar-refractivity contribution is 6.14. The summed E-state index contributed by atoms with van der Waals surface area (Å²) < 4.78 is 246. The summed E-state index contributed by atoms with van der Waals surface area (Å²) in [5.74, 6) is 0. The van der Waals surface area contributed by atoms with E-state index in [0.717, 1.165) is 26.4 Å². The second-order valence-corrected chi connectivity index (χ2v) is 14.8. The van der Waals surface area contributed by atoms with Gasteiger partial charge in [0.05, 0.1) is 19.2 Å². The Balaban J connectivity index is 1.22. The van der Waals surface area contributed by atoms with E-state index in [1.165, 1.54) is 24.3 Å². The molecule has 0 amide bonds. The van der Waals surface area contributed by atoms with E-state index in [2.05, 4.69) is 0 Å². The number of furan rings is 1. The lowest BCUT2D eigenvalue weighted by Crippen LogP contribution is -2.18. The van der Waals surface area contributed by atoms with E-state index in [1.807, 2.05) is 78.9 Å². The number of para-hydroxylation sites is 2. The molecule has 0 N–H and O–H groups in total. The Morgan fingerprint density at radius 2 is 1.03 bits per heavy atom. The molecule has 0 radical (unpaired) electrons. The summed E-state index contributed by atoms with van der Waals surface area (Å²) in [6.07, 6.45) is 0. The molecule has 2 heteroatoms. The van der Waals surface area contributed by atoms with Crippen molar-refractivity contribution in [2.24, 2.45) is 0 Å². The summed E-state index contributed by atoms with van der Waals surface area (Å²) in [6, 6.07) is 14.8. The molecule has 0 bridgehead atoms. The van der Waals surface area contributed by atoms with Gasteiger partial charge < -0.3 is 9.32 Å². The Labute approximate surface area is 387 Å². The van der Waals surface area contributed by atoms with Crippen LogP contribution in [0.25, 0.3) is 77.2 Å². The molecule has 1 aromatic heterocycles. The lowest BCUT2D eigenvalue weighted by atomic mass is 9.82. The number of anilines is 3. The molecule has 9 aromatic carbocycles. The fourth-order valence-corrected chi connectivity index (χ4v) is 8.67. The highest BCUT2D eigenvalue weighted by atomic mass is 16.3. The van der Waals surface area contributed by atoms with Crippen molar-refractivity contribution in [1.82, 2.24) is 0 Å². The zero-order valence-corrected chi connectivity index (χ0v) is 31.2. The number of hydrogen-bond donors (Lipinski definition) is 0. The molecule has 0 spiro atoms. The van der Waals surface area contributed by atoms with Gasteiger partial charge in [0, 0.05) is 66.2 Å². The summed E-state index contributed by atoms with van der Waals surface area (Å²) in [5.41, 5.74) is -13.6. The number of hydrogen-bond acceptors (Lipinski definition) is 2. The molecule has 0 saturated carbocycles. The zero-order chi connectivity index (χ0) is 62.5. The maximum absolute atomic E-state index is 10.2. The number of rotatable bonds is 5. The van der Waals surface area contributed by atoms with Gasteiger partial charge in [-0.25, -0.2) is 0 Å². The van der Waals surface area contributed by atoms with Crippen LogP contribution in [0.3, 0.4) is 0 Å². The van der Waals surface area contributed by atoms with Gasteiger partial charge in [-0.05, 0) is 109 Å². The summed E-state index contributed by atoms with van der Waals surface area (Å²) in [7, 11) is 0. The molecule has 2 aliphatic carbocycles. The first-order valence-corrected chi connectivity index (χ1v) is 19.0. The summed E-state index contributed by atoms with van der Waals surface area (Å²) >= 11 is 0. The predicted molar refractivity (Wildman–Crippen MR) is 252 cm³/mol. The normalized spacial score (nSPS) is 21.3. The quantitative estimate of drug-likeness (QED) is 0.172. The first-order chi connectivity index (χ1) is 40.1. The smallest absolute Gasteiger partial charge is 0.143 e. The van der Waals surface area contributed by atoms with Crippen molar-refractivity contribution < 1.29 is 40.1 Å². The van der Waals surface area contributed by atoms with Crippen LogP contribution < -0.4 is 4.90 Å². The summed E-state index contributed by atoms with van der Waals surface area (Å²) in [5, 5.41) is 3.29. The van der Waals surface area contributed by atoms with Gasteiger partial charge >= 0.3 is 0 Å². The molecule has 2 aliphatic rings. The highest BCUT2D eigenvalue weighted by Gasteiger charge is 2.37. The Kier molecular flexibility index (Phi) is 3.71. The minimum absolute atomic E-state index is 0.320. The van der Waals surface area contributed by atoms with Crippen molar-refractivity contribution in [3.05, 3.63) is 210 Å². The molecule has 1 heterocycles. The van der Waals surface area contributed by atoms with E-state index in [1.54, 1.807) is 0 Å². The van der Waals surface area contributed by atoms with Gasteiger partial charge in [0.25, 0.3) is 0 Å². The van der Waals surface area contributed by atoms with E-state index in [4.69, 9.17) is 31.8 Å². The Morgan fingerprint density at radius 1 is 0.450 bits per heavy atom. The Bertz CT molecular complexity index is 4450. The van der Waals surface area contributed by atoms with Gasteiger partial charge in [-0.3, -0.25) is 0 Å². The second-order valence-electron chi connectivity index (χ2n) is 14.8. The molecule has 0 fully saturated rings. The number of nitrogens with zero attached hydrogens (tertiary/aromatic N) is 1. The van der Waals surface area contributed by atoms with Gasteiger partial charge in [0.1, 0.15) is 11.2 Å². The van der Waals surface area contributed by atoms with Crippen molar-refractivity contribution in [3.63, 3.8) is 0 Å². The van der Waals surface area contributed by atoms with E-state index < -0.39 is 179 Å². The lowest BCUT2D eigenvalue weighted by molar-refractivity contribution is 0.660. The first kappa shape index (κ1) is 17.6. The first-order valence-electron chi connectivity index (χ1n) is 32.0. The van der Waals surface area contributed by atoms with Crippen molar-refractivity contribution in [3.8, 4) is 44.5 Å². The van der Waals surface area contributed by atoms with Crippen molar-refractivity contribution >= 4 is 49.8 Å². The number of fused-ring (bicyclic) bond motifs is 10. The lowest BCUT2D eigenvalue weighted by Gasteiger charge is -2.30. The van der Waals surface area contributed by atoms with Gasteiger partial charge in [-0.15, -0.1) is 0 Å². The Hall–Kier alpha value is -7.16. The van der Waals surface area contributed by atoms with Gasteiger partial charge in [0.15, 0.2) is 0 Å². The van der Waals surface area contributed by atoms with Crippen LogP contribution in [0.1, 0.15) is 85.3 Å².